The number of amides is 1. The molecule has 0 atom stereocenters. The van der Waals surface area contributed by atoms with E-state index in [4.69, 9.17) is 4.74 Å². The van der Waals surface area contributed by atoms with E-state index < -0.39 is 0 Å². The standard InChI is InChI=1S/C22H30N4O2/c1-16(2)18-8-10-19(11-9-18)24-20(27)15-28-21-14-17(3)23-22(25-21)26-12-6-4-5-7-13-26/h8-11,14,16H,4-7,12-13,15H2,1-3H3,(H,24,27). The SMILES string of the molecule is Cc1cc(OCC(=O)Nc2ccc(C(C)C)cc2)nc(N2CCCCCC2)n1. The molecule has 0 radical (unpaired) electrons. The maximum Gasteiger partial charge on any atom is 0.262 e. The third-order valence-electron chi connectivity index (χ3n) is 4.92. The smallest absolute Gasteiger partial charge is 0.262 e. The monoisotopic (exact) mass is 382 g/mol. The highest BCUT2D eigenvalue weighted by Crippen LogP contribution is 2.20. The van der Waals surface area contributed by atoms with Crippen molar-refractivity contribution in [3.8, 4) is 5.88 Å². The van der Waals surface area contributed by atoms with E-state index in [1.54, 1.807) is 6.07 Å². The summed E-state index contributed by atoms with van der Waals surface area (Å²) in [5.74, 6) is 1.40. The zero-order chi connectivity index (χ0) is 19.9. The number of nitrogens with zero attached hydrogens (tertiary/aromatic N) is 3. The van der Waals surface area contributed by atoms with Crippen LogP contribution in [0.2, 0.25) is 0 Å². The molecule has 6 nitrogen and oxygen atoms in total. The van der Waals surface area contributed by atoms with Gasteiger partial charge in [0.25, 0.3) is 5.91 Å². The minimum Gasteiger partial charge on any atom is -0.467 e. The van der Waals surface area contributed by atoms with Gasteiger partial charge in [0.05, 0.1) is 0 Å². The first kappa shape index (κ1) is 20.1. The average Bonchev–Trinajstić information content (AvgIpc) is 2.96. The van der Waals surface area contributed by atoms with Gasteiger partial charge in [-0.25, -0.2) is 4.98 Å². The zero-order valence-electron chi connectivity index (χ0n) is 17.1. The van der Waals surface area contributed by atoms with Crippen molar-refractivity contribution in [3.05, 3.63) is 41.6 Å². The van der Waals surface area contributed by atoms with Gasteiger partial charge in [-0.05, 0) is 43.4 Å². The van der Waals surface area contributed by atoms with E-state index in [9.17, 15) is 4.79 Å². The van der Waals surface area contributed by atoms with Crippen LogP contribution in [-0.2, 0) is 4.79 Å². The highest BCUT2D eigenvalue weighted by Gasteiger charge is 2.15. The predicted molar refractivity (Wildman–Crippen MR) is 112 cm³/mol. The second kappa shape index (κ2) is 9.53. The number of carbonyl (C=O) groups excluding carboxylic acids is 1. The van der Waals surface area contributed by atoms with Crippen molar-refractivity contribution in [3.63, 3.8) is 0 Å². The zero-order valence-corrected chi connectivity index (χ0v) is 17.1. The van der Waals surface area contributed by atoms with Gasteiger partial charge in [-0.3, -0.25) is 4.79 Å². The van der Waals surface area contributed by atoms with E-state index in [1.165, 1.54) is 18.4 Å². The molecule has 1 aromatic carbocycles. The molecule has 1 aliphatic heterocycles. The Kier molecular flexibility index (Phi) is 6.85. The van der Waals surface area contributed by atoms with Gasteiger partial charge in [-0.15, -0.1) is 0 Å². The molecule has 3 rings (SSSR count). The molecule has 1 N–H and O–H groups in total. The number of hydrogen-bond donors (Lipinski definition) is 1. The Morgan fingerprint density at radius 2 is 1.79 bits per heavy atom. The second-order valence-corrected chi connectivity index (χ2v) is 7.66. The summed E-state index contributed by atoms with van der Waals surface area (Å²) in [5, 5.41) is 2.86. The number of ether oxygens (including phenoxy) is 1. The van der Waals surface area contributed by atoms with Gasteiger partial charge < -0.3 is 15.0 Å². The molecule has 150 valence electrons. The van der Waals surface area contributed by atoms with Crippen LogP contribution in [0.3, 0.4) is 0 Å². The third-order valence-corrected chi connectivity index (χ3v) is 4.92. The Bertz CT molecular complexity index is 782. The van der Waals surface area contributed by atoms with Gasteiger partial charge in [0.2, 0.25) is 11.8 Å². The van der Waals surface area contributed by atoms with E-state index in [2.05, 4.69) is 34.0 Å². The number of hydrogen-bond acceptors (Lipinski definition) is 5. The van der Waals surface area contributed by atoms with Gasteiger partial charge in [0, 0.05) is 30.5 Å². The molecule has 0 unspecified atom stereocenters. The number of carbonyl (C=O) groups is 1. The lowest BCUT2D eigenvalue weighted by molar-refractivity contribution is -0.118. The number of aromatic nitrogens is 2. The summed E-state index contributed by atoms with van der Waals surface area (Å²) in [6, 6.07) is 9.66. The maximum atomic E-state index is 12.2. The van der Waals surface area contributed by atoms with Gasteiger partial charge in [0.15, 0.2) is 6.61 Å². The molecule has 2 aromatic rings. The summed E-state index contributed by atoms with van der Waals surface area (Å²) < 4.78 is 5.66. The Morgan fingerprint density at radius 3 is 2.43 bits per heavy atom. The van der Waals surface area contributed by atoms with Crippen molar-refractivity contribution < 1.29 is 9.53 Å². The fourth-order valence-electron chi connectivity index (χ4n) is 3.30. The largest absolute Gasteiger partial charge is 0.467 e. The summed E-state index contributed by atoms with van der Waals surface area (Å²) in [6.45, 7) is 8.07. The van der Waals surface area contributed by atoms with Crippen molar-refractivity contribution >= 4 is 17.5 Å². The molecular formula is C22H30N4O2. The molecule has 2 heterocycles. The molecular weight excluding hydrogens is 352 g/mol. The molecule has 1 aromatic heterocycles. The van der Waals surface area contributed by atoms with Crippen LogP contribution in [0.25, 0.3) is 0 Å². The van der Waals surface area contributed by atoms with Gasteiger partial charge in [-0.2, -0.15) is 4.98 Å². The molecule has 0 aliphatic carbocycles. The van der Waals surface area contributed by atoms with E-state index in [-0.39, 0.29) is 12.5 Å². The molecule has 0 bridgehead atoms. The predicted octanol–water partition coefficient (Wildman–Crippen LogP) is 4.31. The molecule has 1 saturated heterocycles. The minimum atomic E-state index is -0.204. The lowest BCUT2D eigenvalue weighted by Gasteiger charge is -2.21. The molecule has 0 spiro atoms. The van der Waals surface area contributed by atoms with Crippen LogP contribution in [0.4, 0.5) is 11.6 Å². The molecule has 1 amide bonds. The van der Waals surface area contributed by atoms with Crippen molar-refractivity contribution in [2.45, 2.75) is 52.4 Å². The first-order valence-corrected chi connectivity index (χ1v) is 10.1. The highest BCUT2D eigenvalue weighted by molar-refractivity contribution is 5.91. The van der Waals surface area contributed by atoms with Crippen molar-refractivity contribution in [2.75, 3.05) is 29.9 Å². The Balaban J connectivity index is 1.58. The van der Waals surface area contributed by atoms with Crippen LogP contribution >= 0.6 is 0 Å². The van der Waals surface area contributed by atoms with Crippen molar-refractivity contribution in [1.82, 2.24) is 9.97 Å². The van der Waals surface area contributed by atoms with Crippen molar-refractivity contribution in [1.29, 1.82) is 0 Å². The van der Waals surface area contributed by atoms with Crippen molar-refractivity contribution in [2.24, 2.45) is 0 Å². The van der Waals surface area contributed by atoms with Crippen LogP contribution in [-0.4, -0.2) is 35.6 Å². The van der Waals surface area contributed by atoms with Crippen LogP contribution in [0, 0.1) is 6.92 Å². The lowest BCUT2D eigenvalue weighted by atomic mass is 10.0. The first-order valence-electron chi connectivity index (χ1n) is 10.1. The summed E-state index contributed by atoms with van der Waals surface area (Å²) in [4.78, 5) is 23.5. The molecule has 1 fully saturated rings. The van der Waals surface area contributed by atoms with E-state index in [1.807, 2.05) is 31.2 Å². The third kappa shape index (κ3) is 5.68. The van der Waals surface area contributed by atoms with Crippen LogP contribution in [0.1, 0.15) is 56.7 Å². The van der Waals surface area contributed by atoms with Gasteiger partial charge in [-0.1, -0.05) is 38.8 Å². The van der Waals surface area contributed by atoms with E-state index >= 15 is 0 Å². The summed E-state index contributed by atoms with van der Waals surface area (Å²) in [5.41, 5.74) is 2.85. The normalized spacial score (nSPS) is 14.6. The summed E-state index contributed by atoms with van der Waals surface area (Å²) in [7, 11) is 0. The highest BCUT2D eigenvalue weighted by atomic mass is 16.5. The molecule has 6 heteroatoms. The molecule has 1 aliphatic rings. The quantitative estimate of drug-likeness (QED) is 0.806. The summed E-state index contributed by atoms with van der Waals surface area (Å²) in [6.07, 6.45) is 4.82. The van der Waals surface area contributed by atoms with E-state index in [0.717, 1.165) is 37.3 Å². The number of nitrogens with one attached hydrogen (secondary N) is 1. The number of rotatable bonds is 6. The summed E-state index contributed by atoms with van der Waals surface area (Å²) >= 11 is 0. The van der Waals surface area contributed by atoms with Crippen LogP contribution in [0.5, 0.6) is 5.88 Å². The minimum absolute atomic E-state index is 0.0815. The Labute approximate surface area is 167 Å². The van der Waals surface area contributed by atoms with Crippen LogP contribution < -0.4 is 15.0 Å². The number of anilines is 2. The lowest BCUT2D eigenvalue weighted by Crippen LogP contribution is -2.26. The Morgan fingerprint density at radius 1 is 1.11 bits per heavy atom. The topological polar surface area (TPSA) is 67.3 Å². The number of aryl methyl sites for hydroxylation is 1. The maximum absolute atomic E-state index is 12.2. The van der Waals surface area contributed by atoms with Gasteiger partial charge >= 0.3 is 0 Å². The van der Waals surface area contributed by atoms with E-state index in [0.29, 0.717) is 17.7 Å². The Hall–Kier alpha value is -2.63. The second-order valence-electron chi connectivity index (χ2n) is 7.66. The fourth-order valence-corrected chi connectivity index (χ4v) is 3.30. The molecule has 0 saturated carbocycles. The first-order chi connectivity index (χ1) is 13.5. The van der Waals surface area contributed by atoms with Gasteiger partial charge in [0.1, 0.15) is 0 Å². The molecule has 28 heavy (non-hydrogen) atoms. The average molecular weight is 383 g/mol. The van der Waals surface area contributed by atoms with Crippen LogP contribution in [0.15, 0.2) is 30.3 Å². The fraction of sp³-hybridized carbons (Fsp3) is 0.500. The number of benzene rings is 1.